The van der Waals surface area contributed by atoms with Gasteiger partial charge >= 0.3 is 0 Å². The molecule has 1 fully saturated rings. The van der Waals surface area contributed by atoms with E-state index in [1.54, 1.807) is 12.1 Å². The SMILES string of the molecule is O=C(NNC(=O)C1CCN(S(=O)(=O)c2ccc(F)cc2)CC1)c1cccnc1. The number of rotatable bonds is 4. The number of amides is 2. The van der Waals surface area contributed by atoms with E-state index in [-0.39, 0.29) is 23.9 Å². The van der Waals surface area contributed by atoms with E-state index in [2.05, 4.69) is 15.8 Å². The van der Waals surface area contributed by atoms with E-state index in [9.17, 15) is 22.4 Å². The maximum atomic E-state index is 13.0. The topological polar surface area (TPSA) is 108 Å². The van der Waals surface area contributed by atoms with Gasteiger partial charge in [0, 0.05) is 31.4 Å². The van der Waals surface area contributed by atoms with Crippen molar-refractivity contribution in [1.29, 1.82) is 0 Å². The van der Waals surface area contributed by atoms with Gasteiger partial charge in [0.1, 0.15) is 5.82 Å². The summed E-state index contributed by atoms with van der Waals surface area (Å²) in [6.07, 6.45) is 3.54. The van der Waals surface area contributed by atoms with Gasteiger partial charge in [-0.15, -0.1) is 0 Å². The van der Waals surface area contributed by atoms with Crippen molar-refractivity contribution >= 4 is 21.8 Å². The van der Waals surface area contributed by atoms with Gasteiger partial charge in [-0.1, -0.05) is 0 Å². The quantitative estimate of drug-likeness (QED) is 0.739. The standard InChI is InChI=1S/C18H19FN4O4S/c19-15-3-5-16(6-4-15)28(26,27)23-10-7-13(8-11-23)17(24)21-22-18(25)14-2-1-9-20-12-14/h1-6,9,12-13H,7-8,10-11H2,(H,21,24)(H,22,25). The largest absolute Gasteiger partial charge is 0.273 e. The fourth-order valence-corrected chi connectivity index (χ4v) is 4.37. The number of halogens is 1. The maximum Gasteiger partial charge on any atom is 0.271 e. The molecule has 1 aliphatic rings. The lowest BCUT2D eigenvalue weighted by Crippen LogP contribution is -2.48. The highest BCUT2D eigenvalue weighted by molar-refractivity contribution is 7.89. The molecule has 0 spiro atoms. The van der Waals surface area contributed by atoms with Crippen LogP contribution in [0.1, 0.15) is 23.2 Å². The lowest BCUT2D eigenvalue weighted by Gasteiger charge is -2.30. The predicted molar refractivity (Wildman–Crippen MR) is 97.7 cm³/mol. The third-order valence-electron chi connectivity index (χ3n) is 4.50. The lowest BCUT2D eigenvalue weighted by molar-refractivity contribution is -0.126. The zero-order valence-corrected chi connectivity index (χ0v) is 15.7. The summed E-state index contributed by atoms with van der Waals surface area (Å²) in [4.78, 5) is 28.0. The summed E-state index contributed by atoms with van der Waals surface area (Å²) >= 11 is 0. The Hall–Kier alpha value is -2.85. The number of nitrogens with zero attached hydrogens (tertiary/aromatic N) is 2. The van der Waals surface area contributed by atoms with E-state index < -0.39 is 27.7 Å². The Morgan fingerprint density at radius 2 is 1.75 bits per heavy atom. The van der Waals surface area contributed by atoms with E-state index in [0.717, 1.165) is 12.1 Å². The molecule has 1 aromatic carbocycles. The molecule has 2 heterocycles. The van der Waals surface area contributed by atoms with Gasteiger partial charge in [-0.3, -0.25) is 25.4 Å². The van der Waals surface area contributed by atoms with Crippen LogP contribution in [0.2, 0.25) is 0 Å². The second kappa shape index (κ2) is 8.44. The van der Waals surface area contributed by atoms with Crippen LogP contribution < -0.4 is 10.9 Å². The molecule has 2 amide bonds. The lowest BCUT2D eigenvalue weighted by atomic mass is 9.98. The Morgan fingerprint density at radius 3 is 2.36 bits per heavy atom. The molecular formula is C18H19FN4O4S. The smallest absolute Gasteiger partial charge is 0.271 e. The Labute approximate surface area is 161 Å². The first-order chi connectivity index (χ1) is 13.4. The van der Waals surface area contributed by atoms with Gasteiger partial charge in [-0.25, -0.2) is 12.8 Å². The number of hydrazine groups is 1. The summed E-state index contributed by atoms with van der Waals surface area (Å²) in [5.41, 5.74) is 5.00. The number of carbonyl (C=O) groups is 2. The van der Waals surface area contributed by atoms with Crippen molar-refractivity contribution in [2.75, 3.05) is 13.1 Å². The second-order valence-corrected chi connectivity index (χ2v) is 8.26. The Morgan fingerprint density at radius 1 is 1.07 bits per heavy atom. The van der Waals surface area contributed by atoms with Crippen molar-refractivity contribution in [3.63, 3.8) is 0 Å². The van der Waals surface area contributed by atoms with Gasteiger partial charge in [0.2, 0.25) is 15.9 Å². The monoisotopic (exact) mass is 406 g/mol. The molecule has 148 valence electrons. The van der Waals surface area contributed by atoms with Crippen LogP contribution in [0.5, 0.6) is 0 Å². The number of aromatic nitrogens is 1. The first kappa shape index (κ1) is 19.9. The van der Waals surface area contributed by atoms with Gasteiger partial charge < -0.3 is 0 Å². The summed E-state index contributed by atoms with van der Waals surface area (Å²) in [7, 11) is -3.73. The van der Waals surface area contributed by atoms with Gasteiger partial charge in [0.25, 0.3) is 5.91 Å². The van der Waals surface area contributed by atoms with E-state index in [0.29, 0.717) is 18.4 Å². The number of piperidine rings is 1. The van der Waals surface area contributed by atoms with Crippen LogP contribution in [0.3, 0.4) is 0 Å². The summed E-state index contributed by atoms with van der Waals surface area (Å²) < 4.78 is 39.5. The third-order valence-corrected chi connectivity index (χ3v) is 6.41. The van der Waals surface area contributed by atoms with E-state index >= 15 is 0 Å². The van der Waals surface area contributed by atoms with E-state index in [1.807, 2.05) is 0 Å². The van der Waals surface area contributed by atoms with Crippen LogP contribution in [0, 0.1) is 11.7 Å². The average molecular weight is 406 g/mol. The number of nitrogens with one attached hydrogen (secondary N) is 2. The first-order valence-corrected chi connectivity index (χ1v) is 10.1. The minimum absolute atomic E-state index is 0.0144. The molecule has 0 atom stereocenters. The number of sulfonamides is 1. The zero-order valence-electron chi connectivity index (χ0n) is 14.8. The van der Waals surface area contributed by atoms with E-state index in [1.165, 1.54) is 28.8 Å². The molecule has 10 heteroatoms. The number of hydrogen-bond acceptors (Lipinski definition) is 5. The zero-order chi connectivity index (χ0) is 20.1. The second-order valence-electron chi connectivity index (χ2n) is 6.32. The fraction of sp³-hybridized carbons (Fsp3) is 0.278. The van der Waals surface area contributed by atoms with Gasteiger partial charge in [0.05, 0.1) is 10.5 Å². The van der Waals surface area contributed by atoms with Crippen molar-refractivity contribution in [2.45, 2.75) is 17.7 Å². The van der Waals surface area contributed by atoms with Crippen molar-refractivity contribution in [1.82, 2.24) is 20.1 Å². The molecule has 0 unspecified atom stereocenters. The van der Waals surface area contributed by atoms with Crippen LogP contribution >= 0.6 is 0 Å². The van der Waals surface area contributed by atoms with Gasteiger partial charge in [-0.2, -0.15) is 4.31 Å². The minimum Gasteiger partial charge on any atom is -0.273 e. The van der Waals surface area contributed by atoms with Crippen molar-refractivity contribution in [3.8, 4) is 0 Å². The molecule has 3 rings (SSSR count). The molecule has 2 aromatic rings. The molecule has 1 saturated heterocycles. The van der Waals surface area contributed by atoms with Crippen LogP contribution in [0.25, 0.3) is 0 Å². The molecule has 0 saturated carbocycles. The normalized spacial score (nSPS) is 15.8. The molecule has 0 aliphatic carbocycles. The van der Waals surface area contributed by atoms with E-state index in [4.69, 9.17) is 0 Å². The molecule has 0 bridgehead atoms. The molecule has 2 N–H and O–H groups in total. The molecule has 8 nitrogen and oxygen atoms in total. The summed E-state index contributed by atoms with van der Waals surface area (Å²) in [5, 5.41) is 0. The molecule has 1 aliphatic heterocycles. The Kier molecular flexibility index (Phi) is 6.00. The summed E-state index contributed by atoms with van der Waals surface area (Å²) in [6.45, 7) is 0.322. The minimum atomic E-state index is -3.73. The first-order valence-electron chi connectivity index (χ1n) is 8.64. The number of hydrogen-bond donors (Lipinski definition) is 2. The molecule has 28 heavy (non-hydrogen) atoms. The fourth-order valence-electron chi connectivity index (χ4n) is 2.90. The van der Waals surface area contributed by atoms with Crippen molar-refractivity contribution < 1.29 is 22.4 Å². The van der Waals surface area contributed by atoms with Crippen molar-refractivity contribution in [3.05, 3.63) is 60.2 Å². The number of pyridine rings is 1. The summed E-state index contributed by atoms with van der Waals surface area (Å²) in [6, 6.07) is 7.80. The summed E-state index contributed by atoms with van der Waals surface area (Å²) in [5.74, 6) is -1.80. The molecule has 0 radical (unpaired) electrons. The maximum absolute atomic E-state index is 13.0. The highest BCUT2D eigenvalue weighted by Gasteiger charge is 2.32. The van der Waals surface area contributed by atoms with Crippen LogP contribution in [0.4, 0.5) is 4.39 Å². The number of benzene rings is 1. The Bertz CT molecular complexity index is 943. The Balaban J connectivity index is 1.52. The molecule has 1 aromatic heterocycles. The average Bonchev–Trinajstić information content (AvgIpc) is 2.73. The van der Waals surface area contributed by atoms with Gasteiger partial charge in [0.15, 0.2) is 0 Å². The van der Waals surface area contributed by atoms with Gasteiger partial charge in [-0.05, 0) is 49.2 Å². The van der Waals surface area contributed by atoms with Crippen LogP contribution in [-0.2, 0) is 14.8 Å². The van der Waals surface area contributed by atoms with Crippen LogP contribution in [0.15, 0.2) is 53.7 Å². The molecular weight excluding hydrogens is 387 g/mol. The third kappa shape index (κ3) is 4.52. The number of carbonyl (C=O) groups excluding carboxylic acids is 2. The highest BCUT2D eigenvalue weighted by Crippen LogP contribution is 2.24. The highest BCUT2D eigenvalue weighted by atomic mass is 32.2. The van der Waals surface area contributed by atoms with Crippen molar-refractivity contribution in [2.24, 2.45) is 5.92 Å². The predicted octanol–water partition coefficient (Wildman–Crippen LogP) is 1.08. The van der Waals surface area contributed by atoms with Crippen LogP contribution in [-0.4, -0.2) is 42.6 Å².